The van der Waals surface area contributed by atoms with Crippen molar-refractivity contribution in [3.05, 3.63) is 0 Å². The van der Waals surface area contributed by atoms with Crippen LogP contribution in [0.1, 0.15) is 107 Å². The van der Waals surface area contributed by atoms with E-state index >= 15 is 0 Å². The molecular formula is C32H67N9. The average molecular weight is 578 g/mol. The topological polar surface area (TPSA) is 87.8 Å². The summed E-state index contributed by atoms with van der Waals surface area (Å²) in [5.41, 5.74) is 6.71. The van der Waals surface area contributed by atoms with E-state index in [4.69, 9.17) is 10.7 Å². The van der Waals surface area contributed by atoms with Gasteiger partial charge in [-0.2, -0.15) is 4.99 Å². The molecule has 0 aromatic heterocycles. The molecule has 0 spiro atoms. The van der Waals surface area contributed by atoms with Crippen LogP contribution in [0.15, 0.2) is 9.98 Å². The van der Waals surface area contributed by atoms with Crippen LogP contribution in [0.25, 0.3) is 0 Å². The fraction of sp³-hybridized carbons (Fsp3) is 0.938. The first-order valence-electron chi connectivity index (χ1n) is 16.0. The molecule has 2 heterocycles. The third-order valence-electron chi connectivity index (χ3n) is 8.65. The number of nitrogens with one attached hydrogen (secondary N) is 2. The maximum Gasteiger partial charge on any atom is 0.224 e. The van der Waals surface area contributed by atoms with E-state index in [9.17, 15) is 0 Å². The third-order valence-corrected chi connectivity index (χ3v) is 8.65. The Hall–Kier alpha value is -1.42. The summed E-state index contributed by atoms with van der Waals surface area (Å²) in [6.45, 7) is 21.6. The molecule has 2 fully saturated rings. The van der Waals surface area contributed by atoms with Gasteiger partial charge in [0.25, 0.3) is 0 Å². The highest BCUT2D eigenvalue weighted by Gasteiger charge is 2.40. The molecule has 2 rings (SSSR count). The number of hydrogen-bond acceptors (Lipinski definition) is 5. The van der Waals surface area contributed by atoms with E-state index in [1.54, 1.807) is 0 Å². The van der Waals surface area contributed by atoms with Crippen molar-refractivity contribution >= 4 is 11.9 Å². The summed E-state index contributed by atoms with van der Waals surface area (Å²) in [7, 11) is 10.1. The van der Waals surface area contributed by atoms with Gasteiger partial charge in [0.15, 0.2) is 5.96 Å². The highest BCUT2D eigenvalue weighted by Crippen LogP contribution is 2.33. The van der Waals surface area contributed by atoms with Gasteiger partial charge in [-0.15, -0.1) is 0 Å². The zero-order valence-corrected chi connectivity index (χ0v) is 29.2. The van der Waals surface area contributed by atoms with Crippen LogP contribution >= 0.6 is 0 Å². The molecule has 0 saturated carbocycles. The van der Waals surface area contributed by atoms with Crippen LogP contribution < -0.4 is 16.4 Å². The first-order valence-corrected chi connectivity index (χ1v) is 16.0. The smallest absolute Gasteiger partial charge is 0.224 e. The number of nitrogens with zero attached hydrogens (tertiary/aromatic N) is 6. The van der Waals surface area contributed by atoms with Crippen molar-refractivity contribution in [3.63, 3.8) is 0 Å². The molecule has 0 aromatic carbocycles. The monoisotopic (exact) mass is 578 g/mol. The molecule has 0 atom stereocenters. The summed E-state index contributed by atoms with van der Waals surface area (Å²) in [6.07, 6.45) is 9.62. The minimum Gasteiger partial charge on any atom is -0.369 e. The van der Waals surface area contributed by atoms with Gasteiger partial charge in [0.2, 0.25) is 5.96 Å². The molecule has 0 amide bonds. The van der Waals surface area contributed by atoms with Gasteiger partial charge >= 0.3 is 0 Å². The van der Waals surface area contributed by atoms with Gasteiger partial charge in [-0.25, -0.2) is 4.99 Å². The SMILES string of the molecule is CN(C)C(=N/CN(CCCCCCN(C)C1CC(C)(C)NC(C)(C)C1)C1CC(C)(C)NC(C)(C)C1)/N=C(\N)N(C)C. The normalized spacial score (nSPS) is 23.3. The van der Waals surface area contributed by atoms with Gasteiger partial charge in [-0.3, -0.25) is 4.90 Å². The lowest BCUT2D eigenvalue weighted by Gasteiger charge is -2.49. The summed E-state index contributed by atoms with van der Waals surface area (Å²) in [6, 6.07) is 1.12. The molecule has 2 aliphatic rings. The Morgan fingerprint density at radius 1 is 0.659 bits per heavy atom. The van der Waals surface area contributed by atoms with Crippen LogP contribution in [0.5, 0.6) is 0 Å². The van der Waals surface area contributed by atoms with Gasteiger partial charge in [0.1, 0.15) is 0 Å². The number of piperidine rings is 2. The standard InChI is InChI=1S/C32H67N9/c1-29(2)20-25(21-30(3,4)36-29)40(13)18-16-14-15-17-19-41(26-22-31(5,6)37-32(7,8)23-26)24-34-28(39(11)12)35-27(33)38(9)10/h25-26,36-37H,14-24H2,1-13H3,(H2,33,34,35). The first kappa shape index (κ1) is 35.8. The quantitative estimate of drug-likeness (QED) is 0.193. The van der Waals surface area contributed by atoms with E-state index in [1.807, 2.05) is 38.0 Å². The van der Waals surface area contributed by atoms with Crippen molar-refractivity contribution in [3.8, 4) is 0 Å². The average Bonchev–Trinajstić information content (AvgIpc) is 2.77. The summed E-state index contributed by atoms with van der Waals surface area (Å²) in [5.74, 6) is 1.13. The molecule has 2 aliphatic heterocycles. The second-order valence-electron chi connectivity index (χ2n) is 16.0. The molecule has 0 aliphatic carbocycles. The lowest BCUT2D eigenvalue weighted by Crippen LogP contribution is -2.62. The van der Waals surface area contributed by atoms with Crippen LogP contribution in [-0.2, 0) is 0 Å². The second-order valence-corrected chi connectivity index (χ2v) is 16.0. The lowest BCUT2D eigenvalue weighted by molar-refractivity contribution is 0.0661. The summed E-state index contributed by atoms with van der Waals surface area (Å²) in [5, 5.41) is 7.67. The largest absolute Gasteiger partial charge is 0.369 e. The highest BCUT2D eigenvalue weighted by molar-refractivity contribution is 5.93. The van der Waals surface area contributed by atoms with Gasteiger partial charge in [-0.1, -0.05) is 12.8 Å². The Kier molecular flexibility index (Phi) is 12.5. The van der Waals surface area contributed by atoms with Crippen molar-refractivity contribution in [2.75, 3.05) is 55.0 Å². The van der Waals surface area contributed by atoms with Crippen LogP contribution in [0.4, 0.5) is 0 Å². The minimum absolute atomic E-state index is 0.0919. The Morgan fingerprint density at radius 2 is 1.10 bits per heavy atom. The number of aliphatic imine (C=N–C) groups is 2. The van der Waals surface area contributed by atoms with Gasteiger partial charge < -0.3 is 31.1 Å². The van der Waals surface area contributed by atoms with Crippen molar-refractivity contribution < 1.29 is 0 Å². The third kappa shape index (κ3) is 12.4. The molecule has 240 valence electrons. The Morgan fingerprint density at radius 3 is 1.54 bits per heavy atom. The molecular weight excluding hydrogens is 510 g/mol. The molecule has 2 saturated heterocycles. The lowest BCUT2D eigenvalue weighted by atomic mass is 9.79. The molecule has 0 radical (unpaired) electrons. The van der Waals surface area contributed by atoms with E-state index in [-0.39, 0.29) is 22.2 Å². The summed E-state index contributed by atoms with van der Waals surface area (Å²) < 4.78 is 0. The number of hydrogen-bond donors (Lipinski definition) is 3. The van der Waals surface area contributed by atoms with Crippen molar-refractivity contribution in [2.45, 2.75) is 141 Å². The van der Waals surface area contributed by atoms with Crippen LogP contribution in [0, 0.1) is 0 Å². The number of unbranched alkanes of at least 4 members (excludes halogenated alkanes) is 3. The maximum atomic E-state index is 6.14. The molecule has 9 nitrogen and oxygen atoms in total. The zero-order chi connectivity index (χ0) is 31.2. The molecule has 9 heteroatoms. The molecule has 4 N–H and O–H groups in total. The Labute approximate surface area is 253 Å². The fourth-order valence-electron chi connectivity index (χ4n) is 7.32. The van der Waals surface area contributed by atoms with Crippen LogP contribution in [0.2, 0.25) is 0 Å². The molecule has 0 bridgehead atoms. The Bertz CT molecular complexity index is 840. The van der Waals surface area contributed by atoms with Gasteiger partial charge in [-0.05, 0) is 108 Å². The van der Waals surface area contributed by atoms with Crippen molar-refractivity contribution in [2.24, 2.45) is 15.7 Å². The van der Waals surface area contributed by atoms with E-state index < -0.39 is 0 Å². The van der Waals surface area contributed by atoms with Crippen LogP contribution in [0.3, 0.4) is 0 Å². The first-order chi connectivity index (χ1) is 18.7. The van der Waals surface area contributed by atoms with E-state index in [0.29, 0.717) is 30.7 Å². The maximum absolute atomic E-state index is 6.14. The number of rotatable bonds is 11. The zero-order valence-electron chi connectivity index (χ0n) is 29.2. The van der Waals surface area contributed by atoms with E-state index in [2.05, 4.69) is 87.9 Å². The predicted octanol–water partition coefficient (Wildman–Crippen LogP) is 4.15. The van der Waals surface area contributed by atoms with Crippen LogP contribution in [-0.4, -0.2) is 121 Å². The Balaban J connectivity index is 1.99. The van der Waals surface area contributed by atoms with Crippen molar-refractivity contribution in [1.29, 1.82) is 0 Å². The summed E-state index contributed by atoms with van der Waals surface area (Å²) >= 11 is 0. The predicted molar refractivity (Wildman–Crippen MR) is 178 cm³/mol. The second kappa shape index (κ2) is 14.4. The van der Waals surface area contributed by atoms with E-state index in [1.165, 1.54) is 45.1 Å². The molecule has 0 unspecified atom stereocenters. The number of guanidine groups is 2. The van der Waals surface area contributed by atoms with Crippen molar-refractivity contribution in [1.82, 2.24) is 30.2 Å². The fourth-order valence-corrected chi connectivity index (χ4v) is 7.32. The van der Waals surface area contributed by atoms with E-state index in [0.717, 1.165) is 19.4 Å². The molecule has 41 heavy (non-hydrogen) atoms. The number of nitrogens with two attached hydrogens (primary N) is 1. The molecule has 0 aromatic rings. The minimum atomic E-state index is 0.0919. The van der Waals surface area contributed by atoms with Gasteiger partial charge in [0.05, 0.1) is 6.67 Å². The highest BCUT2D eigenvalue weighted by atomic mass is 15.3. The van der Waals surface area contributed by atoms with Gasteiger partial charge in [0, 0.05) is 69.0 Å². The summed E-state index contributed by atoms with van der Waals surface area (Å²) in [4.78, 5) is 18.5.